The summed E-state index contributed by atoms with van der Waals surface area (Å²) >= 11 is -0.773. The molecule has 0 aromatic heterocycles. The number of halogens is 3. The molecule has 0 amide bonds. The first-order valence-electron chi connectivity index (χ1n) is 4.76. The number of benzene rings is 1. The molecule has 0 heterocycles. The van der Waals surface area contributed by atoms with E-state index in [1.807, 2.05) is 0 Å². The monoisotopic (exact) mass is 306 g/mol. The van der Waals surface area contributed by atoms with E-state index < -0.39 is 44.3 Å². The summed E-state index contributed by atoms with van der Waals surface area (Å²) in [4.78, 5) is 20.3. The van der Waals surface area contributed by atoms with E-state index in [1.54, 1.807) is 0 Å². The Morgan fingerprint density at radius 2 is 2.10 bits per heavy atom. The first-order chi connectivity index (χ1) is 9.19. The molecule has 0 radical (unpaired) electrons. The van der Waals surface area contributed by atoms with Crippen LogP contribution >= 0.6 is 11.8 Å². The van der Waals surface area contributed by atoms with Crippen molar-refractivity contribution in [1.82, 2.24) is 0 Å². The highest BCUT2D eigenvalue weighted by atomic mass is 32.2. The van der Waals surface area contributed by atoms with E-state index in [0.717, 1.165) is 13.2 Å². The molecular formula is C10H5F3N2O4S. The van der Waals surface area contributed by atoms with Crippen LogP contribution in [0.1, 0.15) is 15.9 Å². The van der Waals surface area contributed by atoms with Gasteiger partial charge in [0, 0.05) is 0 Å². The summed E-state index contributed by atoms with van der Waals surface area (Å²) < 4.78 is 41.4. The summed E-state index contributed by atoms with van der Waals surface area (Å²) in [5.41, 5.74) is -6.86. The number of alkyl halides is 3. The molecule has 106 valence electrons. The van der Waals surface area contributed by atoms with E-state index in [4.69, 9.17) is 5.26 Å². The molecule has 0 bridgehead atoms. The third-order valence-electron chi connectivity index (χ3n) is 2.02. The van der Waals surface area contributed by atoms with Crippen molar-refractivity contribution in [1.29, 1.82) is 5.26 Å². The summed E-state index contributed by atoms with van der Waals surface area (Å²) in [6.45, 7) is 0. The first-order valence-corrected chi connectivity index (χ1v) is 5.58. The molecule has 0 N–H and O–H groups in total. The molecule has 0 unspecified atom stereocenters. The average Bonchev–Trinajstić information content (AvgIpc) is 2.34. The van der Waals surface area contributed by atoms with Gasteiger partial charge < -0.3 is 4.74 Å². The number of nitrogens with zero attached hydrogens (tertiary/aromatic N) is 2. The van der Waals surface area contributed by atoms with Crippen LogP contribution in [0.4, 0.5) is 18.9 Å². The second-order valence-corrected chi connectivity index (χ2v) is 4.39. The molecule has 6 nitrogen and oxygen atoms in total. The molecular weight excluding hydrogens is 301 g/mol. The van der Waals surface area contributed by atoms with E-state index in [0.29, 0.717) is 6.07 Å². The molecule has 20 heavy (non-hydrogen) atoms. The lowest BCUT2D eigenvalue weighted by atomic mass is 10.1. The van der Waals surface area contributed by atoms with E-state index in [9.17, 15) is 28.1 Å². The predicted molar refractivity (Wildman–Crippen MR) is 61.1 cm³/mol. The molecule has 10 heteroatoms. The largest absolute Gasteiger partial charge is 0.465 e. The number of nitriles is 1. The zero-order chi connectivity index (χ0) is 15.5. The maximum Gasteiger partial charge on any atom is 0.446 e. The molecule has 0 atom stereocenters. The lowest BCUT2D eigenvalue weighted by Gasteiger charge is -2.09. The van der Waals surface area contributed by atoms with Crippen molar-refractivity contribution < 1.29 is 27.6 Å². The normalized spacial score (nSPS) is 10.8. The Balaban J connectivity index is 3.59. The van der Waals surface area contributed by atoms with Crippen LogP contribution in [0.25, 0.3) is 0 Å². The second-order valence-electron chi connectivity index (χ2n) is 3.28. The Morgan fingerprint density at radius 1 is 1.50 bits per heavy atom. The molecule has 1 aromatic carbocycles. The van der Waals surface area contributed by atoms with E-state index >= 15 is 0 Å². The van der Waals surface area contributed by atoms with E-state index in [1.165, 1.54) is 6.07 Å². The van der Waals surface area contributed by atoms with Gasteiger partial charge >= 0.3 is 11.5 Å². The number of carbonyl (C=O) groups excluding carboxylic acids is 1. The van der Waals surface area contributed by atoms with Crippen molar-refractivity contribution in [3.8, 4) is 6.07 Å². The number of ether oxygens (including phenoxy) is 1. The third-order valence-corrected chi connectivity index (χ3v) is 2.78. The summed E-state index contributed by atoms with van der Waals surface area (Å²) in [6, 6.07) is 3.03. The fourth-order valence-electron chi connectivity index (χ4n) is 1.33. The predicted octanol–water partition coefficient (Wildman–Crippen LogP) is 2.86. The Labute approximate surface area is 114 Å². The number of nitro benzene ring substituents is 1. The minimum absolute atomic E-state index is 0.317. The quantitative estimate of drug-likeness (QED) is 0.369. The highest BCUT2D eigenvalue weighted by molar-refractivity contribution is 8.00. The Morgan fingerprint density at radius 3 is 2.50 bits per heavy atom. The zero-order valence-electron chi connectivity index (χ0n) is 9.72. The fourth-order valence-corrected chi connectivity index (χ4v) is 2.05. The highest BCUT2D eigenvalue weighted by Gasteiger charge is 2.36. The highest BCUT2D eigenvalue weighted by Crippen LogP contribution is 2.43. The van der Waals surface area contributed by atoms with Gasteiger partial charge in [-0.3, -0.25) is 10.1 Å². The van der Waals surface area contributed by atoms with E-state index in [2.05, 4.69) is 4.74 Å². The van der Waals surface area contributed by atoms with Crippen LogP contribution in [-0.2, 0) is 4.74 Å². The Kier molecular flexibility index (Phi) is 4.57. The lowest BCUT2D eigenvalue weighted by Crippen LogP contribution is -2.09. The number of hydrogen-bond donors (Lipinski definition) is 0. The molecule has 0 saturated heterocycles. The van der Waals surface area contributed by atoms with Crippen LogP contribution < -0.4 is 0 Å². The number of thioether (sulfide) groups is 1. The summed E-state index contributed by atoms with van der Waals surface area (Å²) in [6.07, 6.45) is 0. The van der Waals surface area contributed by atoms with Crippen LogP contribution in [0.5, 0.6) is 0 Å². The van der Waals surface area contributed by atoms with Crippen LogP contribution in [0.15, 0.2) is 17.0 Å². The van der Waals surface area contributed by atoms with Crippen LogP contribution in [0.2, 0.25) is 0 Å². The van der Waals surface area contributed by atoms with Gasteiger partial charge in [0.15, 0.2) is 0 Å². The van der Waals surface area contributed by atoms with Crippen LogP contribution in [0.3, 0.4) is 0 Å². The zero-order valence-corrected chi connectivity index (χ0v) is 10.5. The van der Waals surface area contributed by atoms with Crippen molar-refractivity contribution in [2.45, 2.75) is 10.4 Å². The lowest BCUT2D eigenvalue weighted by molar-refractivity contribution is -0.388. The first kappa shape index (κ1) is 15.8. The molecule has 0 saturated carbocycles. The van der Waals surface area contributed by atoms with Gasteiger partial charge in [-0.2, -0.15) is 18.4 Å². The number of carbonyl (C=O) groups is 1. The summed E-state index contributed by atoms with van der Waals surface area (Å²) in [5.74, 6) is -1.20. The summed E-state index contributed by atoms with van der Waals surface area (Å²) in [7, 11) is 0.918. The number of esters is 1. The SMILES string of the molecule is COC(=O)c1cc(C#N)cc(SC(F)(F)F)c1[N+](=O)[O-]. The number of hydrogen-bond acceptors (Lipinski definition) is 6. The van der Waals surface area contributed by atoms with Gasteiger partial charge in [-0.1, -0.05) is 0 Å². The minimum Gasteiger partial charge on any atom is -0.465 e. The van der Waals surface area contributed by atoms with Crippen molar-refractivity contribution in [3.63, 3.8) is 0 Å². The van der Waals surface area contributed by atoms with Gasteiger partial charge in [0.2, 0.25) is 0 Å². The molecule has 1 aromatic rings. The van der Waals surface area contributed by atoms with Gasteiger partial charge in [-0.15, -0.1) is 0 Å². The van der Waals surface area contributed by atoms with Gasteiger partial charge in [0.1, 0.15) is 5.56 Å². The number of methoxy groups -OCH3 is 1. The minimum atomic E-state index is -4.80. The van der Waals surface area contributed by atoms with Gasteiger partial charge in [0.05, 0.1) is 28.6 Å². The molecule has 0 aliphatic heterocycles. The van der Waals surface area contributed by atoms with Crippen molar-refractivity contribution in [2.75, 3.05) is 7.11 Å². The summed E-state index contributed by atoms with van der Waals surface area (Å²) in [5, 5.41) is 19.6. The van der Waals surface area contributed by atoms with Crippen molar-refractivity contribution in [3.05, 3.63) is 33.4 Å². The molecule has 0 fully saturated rings. The standard InChI is InChI=1S/C10H5F3N2O4S/c1-19-9(16)6-2-5(4-14)3-7(8(6)15(17)18)20-10(11,12)13/h2-3H,1H3. The second kappa shape index (κ2) is 5.79. The molecule has 0 aliphatic carbocycles. The van der Waals surface area contributed by atoms with Crippen LogP contribution in [-0.4, -0.2) is 23.5 Å². The van der Waals surface area contributed by atoms with Crippen molar-refractivity contribution >= 4 is 23.4 Å². The number of rotatable bonds is 3. The molecule has 0 aliphatic rings. The van der Waals surface area contributed by atoms with Gasteiger partial charge in [-0.25, -0.2) is 4.79 Å². The third kappa shape index (κ3) is 3.61. The number of nitro groups is 1. The molecule has 1 rings (SSSR count). The Hall–Kier alpha value is -2.28. The maximum atomic E-state index is 12.4. The van der Waals surface area contributed by atoms with Gasteiger partial charge in [-0.05, 0) is 23.9 Å². The van der Waals surface area contributed by atoms with Gasteiger partial charge in [0.25, 0.3) is 5.69 Å². The fraction of sp³-hybridized carbons (Fsp3) is 0.200. The Bertz CT molecular complexity index is 610. The van der Waals surface area contributed by atoms with Crippen LogP contribution in [0, 0.1) is 21.4 Å². The van der Waals surface area contributed by atoms with E-state index in [-0.39, 0.29) is 5.56 Å². The maximum absolute atomic E-state index is 12.4. The molecule has 0 spiro atoms. The average molecular weight is 306 g/mol. The smallest absolute Gasteiger partial charge is 0.446 e. The topological polar surface area (TPSA) is 93.2 Å². The van der Waals surface area contributed by atoms with Crippen molar-refractivity contribution in [2.24, 2.45) is 0 Å².